The van der Waals surface area contributed by atoms with Crippen LogP contribution >= 0.6 is 11.6 Å². The van der Waals surface area contributed by atoms with Crippen molar-refractivity contribution in [2.75, 3.05) is 33.4 Å². The van der Waals surface area contributed by atoms with Crippen LogP contribution in [0.1, 0.15) is 25.8 Å². The van der Waals surface area contributed by atoms with Crippen LogP contribution in [0.3, 0.4) is 0 Å². The zero-order chi connectivity index (χ0) is 18.9. The number of amides is 1. The van der Waals surface area contributed by atoms with Gasteiger partial charge in [0, 0.05) is 44.4 Å². The van der Waals surface area contributed by atoms with Gasteiger partial charge in [-0.25, -0.2) is 0 Å². The summed E-state index contributed by atoms with van der Waals surface area (Å²) >= 11 is 6.11. The average molecular weight is 380 g/mol. The minimum Gasteiger partial charge on any atom is -0.383 e. The standard InChI is InChI=1S/C20H30ClN3O2/c1-4-15(2)12-23-18-11-19(20(25)22-8-9-26-3)24(14-18)13-16-6-5-7-17(21)10-16/h4-7,10,18-19,23H,8-9,11-14H2,1-3H3,(H,22,25)/b15-4+/t18-,19+/m1/s1. The number of hydrogen-bond donors (Lipinski definition) is 2. The van der Waals surface area contributed by atoms with Crippen LogP contribution in [0.25, 0.3) is 0 Å². The van der Waals surface area contributed by atoms with E-state index in [1.165, 1.54) is 5.57 Å². The second-order valence-corrected chi connectivity index (χ2v) is 7.24. The minimum atomic E-state index is -0.144. The molecule has 0 bridgehead atoms. The van der Waals surface area contributed by atoms with Crippen molar-refractivity contribution in [3.63, 3.8) is 0 Å². The molecule has 144 valence electrons. The Labute approximate surface area is 161 Å². The maximum atomic E-state index is 12.7. The number of allylic oxidation sites excluding steroid dienone is 1. The third-order valence-electron chi connectivity index (χ3n) is 4.75. The fourth-order valence-electron chi connectivity index (χ4n) is 3.17. The first-order valence-corrected chi connectivity index (χ1v) is 9.51. The Morgan fingerprint density at radius 3 is 2.96 bits per heavy atom. The van der Waals surface area contributed by atoms with Gasteiger partial charge in [-0.05, 0) is 38.0 Å². The molecule has 1 saturated heterocycles. The first-order chi connectivity index (χ1) is 12.5. The number of methoxy groups -OCH3 is 1. The van der Waals surface area contributed by atoms with Crippen LogP contribution in [-0.4, -0.2) is 56.2 Å². The van der Waals surface area contributed by atoms with Gasteiger partial charge in [0.2, 0.25) is 5.91 Å². The van der Waals surface area contributed by atoms with Crippen molar-refractivity contribution in [1.29, 1.82) is 0 Å². The Morgan fingerprint density at radius 2 is 2.27 bits per heavy atom. The zero-order valence-corrected chi connectivity index (χ0v) is 16.7. The van der Waals surface area contributed by atoms with E-state index >= 15 is 0 Å². The third-order valence-corrected chi connectivity index (χ3v) is 4.98. The summed E-state index contributed by atoms with van der Waals surface area (Å²) in [6, 6.07) is 7.99. The first kappa shape index (κ1) is 20.9. The summed E-state index contributed by atoms with van der Waals surface area (Å²) in [5.74, 6) is 0.0659. The highest BCUT2D eigenvalue weighted by Gasteiger charge is 2.36. The van der Waals surface area contributed by atoms with Crippen LogP contribution in [0.5, 0.6) is 0 Å². The number of halogens is 1. The summed E-state index contributed by atoms with van der Waals surface area (Å²) in [5.41, 5.74) is 2.43. The summed E-state index contributed by atoms with van der Waals surface area (Å²) in [4.78, 5) is 14.9. The molecule has 2 N–H and O–H groups in total. The van der Waals surface area contributed by atoms with Gasteiger partial charge in [0.1, 0.15) is 0 Å². The molecule has 1 heterocycles. The molecular weight excluding hydrogens is 350 g/mol. The van der Waals surface area contributed by atoms with E-state index in [4.69, 9.17) is 16.3 Å². The molecule has 26 heavy (non-hydrogen) atoms. The van der Waals surface area contributed by atoms with Crippen LogP contribution in [0, 0.1) is 0 Å². The van der Waals surface area contributed by atoms with Gasteiger partial charge in [-0.3, -0.25) is 9.69 Å². The van der Waals surface area contributed by atoms with E-state index in [9.17, 15) is 4.79 Å². The second kappa shape index (κ2) is 10.7. The molecule has 1 aliphatic rings. The monoisotopic (exact) mass is 379 g/mol. The Hall–Kier alpha value is -1.40. The Morgan fingerprint density at radius 1 is 1.46 bits per heavy atom. The molecule has 1 amide bonds. The number of ether oxygens (including phenoxy) is 1. The molecule has 0 unspecified atom stereocenters. The van der Waals surface area contributed by atoms with Crippen molar-refractivity contribution in [1.82, 2.24) is 15.5 Å². The molecule has 2 atom stereocenters. The largest absolute Gasteiger partial charge is 0.383 e. The Bertz CT molecular complexity index is 621. The van der Waals surface area contributed by atoms with Gasteiger partial charge in [0.15, 0.2) is 0 Å². The maximum Gasteiger partial charge on any atom is 0.237 e. The first-order valence-electron chi connectivity index (χ1n) is 9.13. The van der Waals surface area contributed by atoms with Gasteiger partial charge in [-0.2, -0.15) is 0 Å². The number of hydrogen-bond acceptors (Lipinski definition) is 4. The van der Waals surface area contributed by atoms with E-state index in [2.05, 4.69) is 34.6 Å². The second-order valence-electron chi connectivity index (χ2n) is 6.81. The van der Waals surface area contributed by atoms with Crippen LogP contribution < -0.4 is 10.6 Å². The predicted molar refractivity (Wildman–Crippen MR) is 106 cm³/mol. The zero-order valence-electron chi connectivity index (χ0n) is 15.9. The van der Waals surface area contributed by atoms with Gasteiger partial charge in [-0.15, -0.1) is 0 Å². The molecule has 5 nitrogen and oxygen atoms in total. The molecule has 0 radical (unpaired) electrons. The lowest BCUT2D eigenvalue weighted by atomic mass is 10.1. The number of carbonyl (C=O) groups is 1. The molecule has 1 aromatic carbocycles. The average Bonchev–Trinajstić information content (AvgIpc) is 3.02. The predicted octanol–water partition coefficient (Wildman–Crippen LogP) is 2.60. The molecule has 1 fully saturated rings. The fraction of sp³-hybridized carbons (Fsp3) is 0.550. The summed E-state index contributed by atoms with van der Waals surface area (Å²) in [5, 5.41) is 7.27. The lowest BCUT2D eigenvalue weighted by Crippen LogP contribution is -2.43. The van der Waals surface area contributed by atoms with Crippen LogP contribution in [0.4, 0.5) is 0 Å². The van der Waals surface area contributed by atoms with Crippen molar-refractivity contribution < 1.29 is 9.53 Å². The van der Waals surface area contributed by atoms with Crippen molar-refractivity contribution in [3.8, 4) is 0 Å². The Balaban J connectivity index is 2.02. The van der Waals surface area contributed by atoms with E-state index in [0.717, 1.165) is 30.1 Å². The van der Waals surface area contributed by atoms with Crippen molar-refractivity contribution in [2.24, 2.45) is 0 Å². The minimum absolute atomic E-state index is 0.0659. The number of likely N-dealkylation sites (tertiary alicyclic amines) is 1. The Kier molecular flexibility index (Phi) is 8.59. The van der Waals surface area contributed by atoms with Crippen LogP contribution in [-0.2, 0) is 16.1 Å². The van der Waals surface area contributed by atoms with Crippen LogP contribution in [0.2, 0.25) is 5.02 Å². The van der Waals surface area contributed by atoms with E-state index < -0.39 is 0 Å². The van der Waals surface area contributed by atoms with E-state index in [0.29, 0.717) is 25.7 Å². The lowest BCUT2D eigenvalue weighted by molar-refractivity contribution is -0.125. The molecule has 0 aromatic heterocycles. The third kappa shape index (κ3) is 6.40. The lowest BCUT2D eigenvalue weighted by Gasteiger charge is -2.23. The quantitative estimate of drug-likeness (QED) is 0.511. The maximum absolute atomic E-state index is 12.7. The molecule has 0 aliphatic carbocycles. The molecule has 0 spiro atoms. The highest BCUT2D eigenvalue weighted by molar-refractivity contribution is 6.30. The van der Waals surface area contributed by atoms with Gasteiger partial charge in [0.25, 0.3) is 0 Å². The normalized spacial score (nSPS) is 21.2. The fourth-order valence-corrected chi connectivity index (χ4v) is 3.38. The van der Waals surface area contributed by atoms with E-state index in [1.54, 1.807) is 7.11 Å². The summed E-state index contributed by atoms with van der Waals surface area (Å²) in [6.45, 7) is 7.62. The van der Waals surface area contributed by atoms with E-state index in [1.807, 2.05) is 25.1 Å². The SMILES string of the molecule is C/C=C(\C)CN[C@@H]1C[C@@H](C(=O)NCCOC)N(Cc2cccc(Cl)c2)C1. The molecule has 1 aromatic rings. The number of benzene rings is 1. The van der Waals surface area contributed by atoms with Crippen molar-refractivity contribution >= 4 is 17.5 Å². The van der Waals surface area contributed by atoms with E-state index in [-0.39, 0.29) is 11.9 Å². The van der Waals surface area contributed by atoms with Crippen LogP contribution in [0.15, 0.2) is 35.9 Å². The summed E-state index contributed by atoms with van der Waals surface area (Å²) in [7, 11) is 1.64. The van der Waals surface area contributed by atoms with Gasteiger partial charge >= 0.3 is 0 Å². The van der Waals surface area contributed by atoms with Gasteiger partial charge in [0.05, 0.1) is 12.6 Å². The smallest absolute Gasteiger partial charge is 0.237 e. The number of nitrogens with one attached hydrogen (secondary N) is 2. The number of rotatable bonds is 9. The molecule has 6 heteroatoms. The van der Waals surface area contributed by atoms with Gasteiger partial charge < -0.3 is 15.4 Å². The molecular formula is C20H30ClN3O2. The van der Waals surface area contributed by atoms with Crippen molar-refractivity contribution in [3.05, 3.63) is 46.5 Å². The summed E-state index contributed by atoms with van der Waals surface area (Å²) < 4.78 is 5.03. The summed E-state index contributed by atoms with van der Waals surface area (Å²) in [6.07, 6.45) is 2.91. The number of carbonyl (C=O) groups excluding carboxylic acids is 1. The van der Waals surface area contributed by atoms with Gasteiger partial charge in [-0.1, -0.05) is 35.4 Å². The topological polar surface area (TPSA) is 53.6 Å². The molecule has 0 saturated carbocycles. The molecule has 2 rings (SSSR count). The highest BCUT2D eigenvalue weighted by Crippen LogP contribution is 2.22. The molecule has 1 aliphatic heterocycles. The number of nitrogens with zero attached hydrogens (tertiary/aromatic N) is 1. The van der Waals surface area contributed by atoms with Crippen molar-refractivity contribution in [2.45, 2.75) is 38.9 Å². The highest BCUT2D eigenvalue weighted by atomic mass is 35.5.